The molecular formula is C10H6Cl4O3. The predicted molar refractivity (Wildman–Crippen MR) is 66.3 cm³/mol. The second-order valence-corrected chi connectivity index (χ2v) is 5.06. The van der Waals surface area contributed by atoms with Crippen molar-refractivity contribution in [3.05, 3.63) is 31.2 Å². The standard InChI is InChI=1S/C10H6Cl4O3/c1-10(16-2)4-3(9(15)17-10)5(11)7(13)8(14)6(4)12/h1-2H3. The number of hydrogen-bond donors (Lipinski definition) is 0. The van der Waals surface area contributed by atoms with Crippen LogP contribution >= 0.6 is 46.4 Å². The summed E-state index contributed by atoms with van der Waals surface area (Å²) >= 11 is 23.8. The summed E-state index contributed by atoms with van der Waals surface area (Å²) < 4.78 is 10.2. The number of benzene rings is 1. The van der Waals surface area contributed by atoms with Crippen LogP contribution in [0.1, 0.15) is 22.8 Å². The van der Waals surface area contributed by atoms with Gasteiger partial charge in [0.2, 0.25) is 5.79 Å². The van der Waals surface area contributed by atoms with Gasteiger partial charge in [-0.3, -0.25) is 0 Å². The molecule has 1 aromatic carbocycles. The van der Waals surface area contributed by atoms with Crippen LogP contribution in [-0.4, -0.2) is 13.1 Å². The fourth-order valence-corrected chi connectivity index (χ4v) is 2.77. The molecule has 1 aliphatic rings. The molecule has 0 aromatic heterocycles. The molecule has 2 rings (SSSR count). The normalized spacial score (nSPS) is 22.6. The lowest BCUT2D eigenvalue weighted by molar-refractivity contribution is -0.172. The van der Waals surface area contributed by atoms with Crippen molar-refractivity contribution in [2.24, 2.45) is 0 Å². The lowest BCUT2D eigenvalue weighted by Crippen LogP contribution is -2.24. The molecule has 1 aliphatic heterocycles. The molecule has 92 valence electrons. The third-order valence-electron chi connectivity index (χ3n) is 2.60. The van der Waals surface area contributed by atoms with Crippen LogP contribution in [-0.2, 0) is 15.3 Å². The average molecular weight is 316 g/mol. The highest BCUT2D eigenvalue weighted by atomic mass is 35.5. The summed E-state index contributed by atoms with van der Waals surface area (Å²) in [4.78, 5) is 11.7. The van der Waals surface area contributed by atoms with Crippen molar-refractivity contribution >= 4 is 52.4 Å². The summed E-state index contributed by atoms with van der Waals surface area (Å²) in [6, 6.07) is 0. The molecule has 0 saturated heterocycles. The maximum atomic E-state index is 11.7. The Morgan fingerprint density at radius 1 is 1.06 bits per heavy atom. The average Bonchev–Trinajstić information content (AvgIpc) is 2.56. The van der Waals surface area contributed by atoms with Crippen molar-refractivity contribution in [3.8, 4) is 0 Å². The van der Waals surface area contributed by atoms with Gasteiger partial charge >= 0.3 is 5.97 Å². The predicted octanol–water partition coefficient (Wildman–Crippen LogP) is 4.29. The first-order chi connectivity index (χ1) is 7.83. The van der Waals surface area contributed by atoms with Gasteiger partial charge in [-0.05, 0) is 0 Å². The van der Waals surface area contributed by atoms with E-state index in [4.69, 9.17) is 55.9 Å². The Kier molecular flexibility index (Phi) is 3.26. The van der Waals surface area contributed by atoms with E-state index in [2.05, 4.69) is 0 Å². The summed E-state index contributed by atoms with van der Waals surface area (Å²) in [5.74, 6) is -1.95. The minimum atomic E-state index is -1.30. The Bertz CT molecular complexity index is 529. The van der Waals surface area contributed by atoms with E-state index in [1.165, 1.54) is 7.11 Å². The van der Waals surface area contributed by atoms with Crippen molar-refractivity contribution in [1.29, 1.82) is 0 Å². The SMILES string of the molecule is COC1(C)OC(=O)c2c(Cl)c(Cl)c(Cl)c(Cl)c21. The maximum Gasteiger partial charge on any atom is 0.343 e. The van der Waals surface area contributed by atoms with E-state index in [0.717, 1.165) is 0 Å². The van der Waals surface area contributed by atoms with Gasteiger partial charge in [0.05, 0.1) is 31.2 Å². The van der Waals surface area contributed by atoms with Gasteiger partial charge in [-0.1, -0.05) is 46.4 Å². The molecule has 3 nitrogen and oxygen atoms in total. The lowest BCUT2D eigenvalue weighted by Gasteiger charge is -2.23. The molecule has 0 spiro atoms. The summed E-state index contributed by atoms with van der Waals surface area (Å²) in [6.45, 7) is 1.54. The number of fused-ring (bicyclic) bond motifs is 1. The molecule has 0 aliphatic carbocycles. The monoisotopic (exact) mass is 314 g/mol. The highest BCUT2D eigenvalue weighted by Crippen LogP contribution is 2.50. The van der Waals surface area contributed by atoms with Gasteiger partial charge in [-0.2, -0.15) is 0 Å². The number of cyclic esters (lactones) is 1. The van der Waals surface area contributed by atoms with Crippen LogP contribution in [0.25, 0.3) is 0 Å². The van der Waals surface area contributed by atoms with Gasteiger partial charge in [0.25, 0.3) is 0 Å². The molecule has 1 unspecified atom stereocenters. The molecule has 1 aromatic rings. The quantitative estimate of drug-likeness (QED) is 0.440. The van der Waals surface area contributed by atoms with Crippen LogP contribution in [0, 0.1) is 0 Å². The van der Waals surface area contributed by atoms with Crippen molar-refractivity contribution in [2.75, 3.05) is 7.11 Å². The first-order valence-corrected chi connectivity index (χ1v) is 5.99. The van der Waals surface area contributed by atoms with E-state index in [1.807, 2.05) is 0 Å². The van der Waals surface area contributed by atoms with Crippen molar-refractivity contribution in [2.45, 2.75) is 12.7 Å². The molecule has 0 N–H and O–H groups in total. The Morgan fingerprint density at radius 3 is 2.12 bits per heavy atom. The van der Waals surface area contributed by atoms with Gasteiger partial charge in [0.15, 0.2) is 0 Å². The van der Waals surface area contributed by atoms with Gasteiger partial charge < -0.3 is 9.47 Å². The molecule has 17 heavy (non-hydrogen) atoms. The van der Waals surface area contributed by atoms with Crippen molar-refractivity contribution in [3.63, 3.8) is 0 Å². The second-order valence-electron chi connectivity index (χ2n) is 3.55. The molecular weight excluding hydrogens is 310 g/mol. The van der Waals surface area contributed by atoms with Crippen LogP contribution < -0.4 is 0 Å². The second kappa shape index (κ2) is 4.18. The topological polar surface area (TPSA) is 35.5 Å². The molecule has 1 atom stereocenters. The molecule has 0 amide bonds. The zero-order chi connectivity index (χ0) is 13.0. The van der Waals surface area contributed by atoms with E-state index in [-0.39, 0.29) is 25.7 Å². The number of methoxy groups -OCH3 is 1. The maximum absolute atomic E-state index is 11.7. The van der Waals surface area contributed by atoms with Crippen LogP contribution in [0.15, 0.2) is 0 Å². The largest absolute Gasteiger partial charge is 0.425 e. The number of halogens is 4. The fraction of sp³-hybridized carbons (Fsp3) is 0.300. The Balaban J connectivity index is 2.88. The molecule has 0 fully saturated rings. The first-order valence-electron chi connectivity index (χ1n) is 4.48. The first kappa shape index (κ1) is 13.2. The van der Waals surface area contributed by atoms with Gasteiger partial charge in [-0.25, -0.2) is 4.79 Å². The Morgan fingerprint density at radius 2 is 1.59 bits per heavy atom. The van der Waals surface area contributed by atoms with Crippen LogP contribution in [0.3, 0.4) is 0 Å². The zero-order valence-electron chi connectivity index (χ0n) is 8.74. The summed E-state index contributed by atoms with van der Waals surface area (Å²) in [5, 5.41) is 0.209. The number of hydrogen-bond acceptors (Lipinski definition) is 3. The van der Waals surface area contributed by atoms with Crippen molar-refractivity contribution < 1.29 is 14.3 Å². The molecule has 0 radical (unpaired) electrons. The minimum absolute atomic E-state index is 0.0156. The number of carbonyl (C=O) groups is 1. The van der Waals surface area contributed by atoms with E-state index >= 15 is 0 Å². The van der Waals surface area contributed by atoms with E-state index in [1.54, 1.807) is 6.92 Å². The molecule has 0 bridgehead atoms. The van der Waals surface area contributed by atoms with Crippen molar-refractivity contribution in [1.82, 2.24) is 0 Å². The van der Waals surface area contributed by atoms with E-state index in [0.29, 0.717) is 5.56 Å². The van der Waals surface area contributed by atoms with Crippen LogP contribution in [0.4, 0.5) is 0 Å². The smallest absolute Gasteiger partial charge is 0.343 e. The zero-order valence-corrected chi connectivity index (χ0v) is 11.8. The van der Waals surface area contributed by atoms with Crippen LogP contribution in [0.2, 0.25) is 20.1 Å². The van der Waals surface area contributed by atoms with E-state index in [9.17, 15) is 4.79 Å². The molecule has 1 heterocycles. The molecule has 0 saturated carbocycles. The summed E-state index contributed by atoms with van der Waals surface area (Å²) in [7, 11) is 1.38. The van der Waals surface area contributed by atoms with E-state index < -0.39 is 11.8 Å². The Hall–Kier alpha value is -0.190. The lowest BCUT2D eigenvalue weighted by atomic mass is 10.0. The third kappa shape index (κ3) is 1.72. The summed E-state index contributed by atoms with van der Waals surface area (Å²) in [5.41, 5.74) is 0.390. The number of carbonyl (C=O) groups excluding carboxylic acids is 1. The third-order valence-corrected chi connectivity index (χ3v) is 4.40. The van der Waals surface area contributed by atoms with Gasteiger partial charge in [-0.15, -0.1) is 0 Å². The molecule has 7 heteroatoms. The Labute approximate surface area is 117 Å². The van der Waals surface area contributed by atoms with Gasteiger partial charge in [0, 0.05) is 14.0 Å². The minimum Gasteiger partial charge on any atom is -0.425 e. The highest BCUT2D eigenvalue weighted by Gasteiger charge is 2.47. The number of esters is 1. The summed E-state index contributed by atoms with van der Waals surface area (Å²) in [6.07, 6.45) is 0. The number of ether oxygens (including phenoxy) is 2. The highest BCUT2D eigenvalue weighted by molar-refractivity contribution is 6.53. The van der Waals surface area contributed by atoms with Crippen LogP contribution in [0.5, 0.6) is 0 Å². The van der Waals surface area contributed by atoms with Gasteiger partial charge in [0.1, 0.15) is 0 Å². The fourth-order valence-electron chi connectivity index (χ4n) is 1.67. The number of rotatable bonds is 1.